The third-order valence-electron chi connectivity index (χ3n) is 4.08. The van der Waals surface area contributed by atoms with Gasteiger partial charge in [-0.1, -0.05) is 36.4 Å². The average molecular weight is 312 g/mol. The van der Waals surface area contributed by atoms with Crippen LogP contribution in [0.1, 0.15) is 17.3 Å². The molecule has 120 valence electrons. The third-order valence-corrected chi connectivity index (χ3v) is 4.08. The van der Waals surface area contributed by atoms with Crippen molar-refractivity contribution >= 4 is 22.6 Å². The number of nitrogens with zero attached hydrogens (tertiary/aromatic N) is 1. The predicted molar refractivity (Wildman–Crippen MR) is 88.3 cm³/mol. The van der Waals surface area contributed by atoms with Crippen LogP contribution in [0.2, 0.25) is 0 Å². The van der Waals surface area contributed by atoms with Crippen molar-refractivity contribution in [3.05, 3.63) is 48.0 Å². The molecule has 0 bridgehead atoms. The molecule has 1 atom stereocenters. The molecule has 1 aliphatic heterocycles. The van der Waals surface area contributed by atoms with Gasteiger partial charge in [-0.25, -0.2) is 0 Å². The number of hydrogen-bond donors (Lipinski definition) is 1. The molecule has 0 radical (unpaired) electrons. The van der Waals surface area contributed by atoms with Crippen molar-refractivity contribution in [3.8, 4) is 0 Å². The molecular formula is C18H20N2O3. The van der Waals surface area contributed by atoms with Crippen LogP contribution in [0.3, 0.4) is 0 Å². The number of fused-ring (bicyclic) bond motifs is 1. The van der Waals surface area contributed by atoms with Crippen LogP contribution in [0, 0.1) is 0 Å². The van der Waals surface area contributed by atoms with Gasteiger partial charge < -0.3 is 15.0 Å². The van der Waals surface area contributed by atoms with Gasteiger partial charge in [0.2, 0.25) is 5.91 Å². The van der Waals surface area contributed by atoms with Crippen molar-refractivity contribution in [3.63, 3.8) is 0 Å². The molecule has 23 heavy (non-hydrogen) atoms. The zero-order chi connectivity index (χ0) is 16.2. The van der Waals surface area contributed by atoms with Gasteiger partial charge in [0.15, 0.2) is 0 Å². The number of carbonyl (C=O) groups is 2. The Morgan fingerprint density at radius 3 is 2.57 bits per heavy atom. The van der Waals surface area contributed by atoms with Crippen LogP contribution in [-0.4, -0.2) is 49.1 Å². The lowest BCUT2D eigenvalue weighted by atomic mass is 10.0. The molecule has 3 rings (SSSR count). The van der Waals surface area contributed by atoms with Crippen molar-refractivity contribution in [2.75, 3.05) is 26.3 Å². The quantitative estimate of drug-likeness (QED) is 0.940. The summed E-state index contributed by atoms with van der Waals surface area (Å²) in [5.41, 5.74) is 0.588. The number of ether oxygens (including phenoxy) is 1. The third kappa shape index (κ3) is 3.35. The van der Waals surface area contributed by atoms with Crippen molar-refractivity contribution < 1.29 is 14.3 Å². The molecule has 5 nitrogen and oxygen atoms in total. The number of hydrogen-bond acceptors (Lipinski definition) is 3. The first-order valence-electron chi connectivity index (χ1n) is 7.82. The summed E-state index contributed by atoms with van der Waals surface area (Å²) in [5, 5.41) is 4.71. The fourth-order valence-electron chi connectivity index (χ4n) is 2.82. The van der Waals surface area contributed by atoms with Crippen molar-refractivity contribution in [1.29, 1.82) is 0 Å². The number of amides is 2. The van der Waals surface area contributed by atoms with Gasteiger partial charge in [-0.15, -0.1) is 0 Å². The Kier molecular flexibility index (Phi) is 4.57. The highest BCUT2D eigenvalue weighted by atomic mass is 16.5. The zero-order valence-electron chi connectivity index (χ0n) is 13.1. The van der Waals surface area contributed by atoms with Crippen LogP contribution in [0.4, 0.5) is 0 Å². The molecule has 0 spiro atoms. The molecule has 1 fully saturated rings. The summed E-state index contributed by atoms with van der Waals surface area (Å²) in [7, 11) is 0. The van der Waals surface area contributed by atoms with Crippen LogP contribution in [-0.2, 0) is 9.53 Å². The summed E-state index contributed by atoms with van der Waals surface area (Å²) >= 11 is 0. The van der Waals surface area contributed by atoms with E-state index >= 15 is 0 Å². The van der Waals surface area contributed by atoms with E-state index in [2.05, 4.69) is 5.32 Å². The molecular weight excluding hydrogens is 292 g/mol. The van der Waals surface area contributed by atoms with Gasteiger partial charge >= 0.3 is 0 Å². The monoisotopic (exact) mass is 312 g/mol. The Morgan fingerprint density at radius 1 is 1.09 bits per heavy atom. The molecule has 0 unspecified atom stereocenters. The summed E-state index contributed by atoms with van der Waals surface area (Å²) in [4.78, 5) is 26.7. The Balaban J connectivity index is 1.74. The smallest absolute Gasteiger partial charge is 0.252 e. The summed E-state index contributed by atoms with van der Waals surface area (Å²) in [6.45, 7) is 3.98. The molecule has 5 heteroatoms. The standard InChI is InChI=1S/C18H20N2O3/c1-13(18(22)20-9-11-23-12-10-20)19-17(21)16-8-4-6-14-5-2-3-7-15(14)16/h2-8,13H,9-12H2,1H3,(H,19,21)/t13-/m1/s1. The van der Waals surface area contributed by atoms with E-state index in [9.17, 15) is 9.59 Å². The van der Waals surface area contributed by atoms with Crippen LogP contribution in [0.25, 0.3) is 10.8 Å². The maximum Gasteiger partial charge on any atom is 0.252 e. The van der Waals surface area contributed by atoms with Gasteiger partial charge in [-0.3, -0.25) is 9.59 Å². The second-order valence-corrected chi connectivity index (χ2v) is 5.66. The predicted octanol–water partition coefficient (Wildman–Crippen LogP) is 1.82. The molecule has 1 aliphatic rings. The molecule has 0 aromatic heterocycles. The number of nitrogens with one attached hydrogen (secondary N) is 1. The molecule has 1 saturated heterocycles. The maximum absolute atomic E-state index is 12.5. The normalized spacial score (nSPS) is 16.1. The fraction of sp³-hybridized carbons (Fsp3) is 0.333. The number of rotatable bonds is 3. The molecule has 0 saturated carbocycles. The van der Waals surface area contributed by atoms with Crippen LogP contribution in [0.15, 0.2) is 42.5 Å². The van der Waals surface area contributed by atoms with E-state index in [0.29, 0.717) is 31.9 Å². The van der Waals surface area contributed by atoms with Crippen molar-refractivity contribution in [2.24, 2.45) is 0 Å². The highest BCUT2D eigenvalue weighted by molar-refractivity contribution is 6.08. The van der Waals surface area contributed by atoms with Gasteiger partial charge in [0, 0.05) is 18.7 Å². The zero-order valence-corrected chi connectivity index (χ0v) is 13.1. The molecule has 0 aliphatic carbocycles. The van der Waals surface area contributed by atoms with Gasteiger partial charge in [0.1, 0.15) is 6.04 Å². The summed E-state index contributed by atoms with van der Waals surface area (Å²) < 4.78 is 5.25. The Labute approximate surface area is 135 Å². The van der Waals surface area contributed by atoms with Crippen LogP contribution >= 0.6 is 0 Å². The summed E-state index contributed by atoms with van der Waals surface area (Å²) in [5.74, 6) is -0.294. The lowest BCUT2D eigenvalue weighted by Gasteiger charge is -2.29. The van der Waals surface area contributed by atoms with Gasteiger partial charge in [-0.2, -0.15) is 0 Å². The average Bonchev–Trinajstić information content (AvgIpc) is 2.61. The molecule has 2 amide bonds. The number of carbonyl (C=O) groups excluding carboxylic acids is 2. The molecule has 2 aromatic carbocycles. The highest BCUT2D eigenvalue weighted by Gasteiger charge is 2.24. The lowest BCUT2D eigenvalue weighted by Crippen LogP contribution is -2.50. The largest absolute Gasteiger partial charge is 0.378 e. The molecule has 2 aromatic rings. The van der Waals surface area contributed by atoms with Crippen molar-refractivity contribution in [2.45, 2.75) is 13.0 Å². The first-order chi connectivity index (χ1) is 11.2. The first-order valence-corrected chi connectivity index (χ1v) is 7.82. The number of benzene rings is 2. The maximum atomic E-state index is 12.5. The topological polar surface area (TPSA) is 58.6 Å². The van der Waals surface area contributed by atoms with E-state index in [-0.39, 0.29) is 11.8 Å². The first kappa shape index (κ1) is 15.5. The highest BCUT2D eigenvalue weighted by Crippen LogP contribution is 2.18. The van der Waals surface area contributed by atoms with E-state index in [0.717, 1.165) is 10.8 Å². The molecule has 1 heterocycles. The minimum Gasteiger partial charge on any atom is -0.378 e. The Morgan fingerprint density at radius 2 is 1.78 bits per heavy atom. The van der Waals surface area contributed by atoms with Crippen molar-refractivity contribution in [1.82, 2.24) is 10.2 Å². The SMILES string of the molecule is C[C@@H](NC(=O)c1cccc2ccccc12)C(=O)N1CCOCC1. The molecule has 1 N–H and O–H groups in total. The van der Waals surface area contributed by atoms with E-state index in [1.54, 1.807) is 17.9 Å². The van der Waals surface area contributed by atoms with Crippen LogP contribution < -0.4 is 5.32 Å². The van der Waals surface area contributed by atoms with Gasteiger partial charge in [-0.05, 0) is 23.8 Å². The second kappa shape index (κ2) is 6.79. The minimum absolute atomic E-state index is 0.0677. The van der Waals surface area contributed by atoms with Gasteiger partial charge in [0.25, 0.3) is 5.91 Å². The van der Waals surface area contributed by atoms with E-state index in [1.807, 2.05) is 36.4 Å². The minimum atomic E-state index is -0.556. The van der Waals surface area contributed by atoms with E-state index in [1.165, 1.54) is 0 Å². The number of morpholine rings is 1. The summed E-state index contributed by atoms with van der Waals surface area (Å²) in [6.07, 6.45) is 0. The van der Waals surface area contributed by atoms with Gasteiger partial charge in [0.05, 0.1) is 13.2 Å². The summed E-state index contributed by atoms with van der Waals surface area (Å²) in [6, 6.07) is 12.8. The fourth-order valence-corrected chi connectivity index (χ4v) is 2.82. The van der Waals surface area contributed by atoms with E-state index < -0.39 is 6.04 Å². The van der Waals surface area contributed by atoms with E-state index in [4.69, 9.17) is 4.74 Å². The second-order valence-electron chi connectivity index (χ2n) is 5.66. The Bertz CT molecular complexity index is 718. The lowest BCUT2D eigenvalue weighted by molar-refractivity contribution is -0.136. The van der Waals surface area contributed by atoms with Crippen LogP contribution in [0.5, 0.6) is 0 Å². The Hall–Kier alpha value is -2.40.